The Balaban J connectivity index is 1.86. The Morgan fingerprint density at radius 1 is 1.43 bits per heavy atom. The van der Waals surface area contributed by atoms with E-state index < -0.39 is 0 Å². The van der Waals surface area contributed by atoms with Crippen molar-refractivity contribution in [2.75, 3.05) is 6.54 Å². The lowest BCUT2D eigenvalue weighted by Gasteiger charge is -2.23. The van der Waals surface area contributed by atoms with Crippen LogP contribution in [0.4, 0.5) is 0 Å². The minimum atomic E-state index is 0.109. The molecule has 0 aliphatic carbocycles. The molecule has 0 saturated heterocycles. The zero-order valence-electron chi connectivity index (χ0n) is 13.8. The average Bonchev–Trinajstić information content (AvgIpc) is 3.23. The molecule has 0 radical (unpaired) electrons. The fraction of sp³-hybridized carbons (Fsp3) is 0.368. The number of amides is 1. The van der Waals surface area contributed by atoms with Gasteiger partial charge in [0, 0.05) is 24.2 Å². The van der Waals surface area contributed by atoms with E-state index in [9.17, 15) is 4.79 Å². The SMILES string of the molecule is CCC1C=CCN1C(=O)c1cccc(-c2cnc(C(C)C)s2)c1. The second kappa shape index (κ2) is 6.67. The lowest BCUT2D eigenvalue weighted by Crippen LogP contribution is -2.35. The molecule has 1 aromatic carbocycles. The molecule has 1 aliphatic heterocycles. The smallest absolute Gasteiger partial charge is 0.254 e. The third-order valence-electron chi connectivity index (χ3n) is 4.15. The summed E-state index contributed by atoms with van der Waals surface area (Å²) in [6.45, 7) is 7.11. The van der Waals surface area contributed by atoms with Crippen molar-refractivity contribution in [3.05, 3.63) is 53.2 Å². The van der Waals surface area contributed by atoms with Gasteiger partial charge >= 0.3 is 0 Å². The van der Waals surface area contributed by atoms with E-state index in [0.717, 1.165) is 27.4 Å². The molecule has 2 heterocycles. The summed E-state index contributed by atoms with van der Waals surface area (Å²) >= 11 is 1.70. The first-order valence-electron chi connectivity index (χ1n) is 8.14. The normalized spacial score (nSPS) is 17.2. The molecule has 1 amide bonds. The molecule has 2 aromatic rings. The minimum absolute atomic E-state index is 0.109. The third-order valence-corrected chi connectivity index (χ3v) is 5.50. The molecule has 0 fully saturated rings. The van der Waals surface area contributed by atoms with Gasteiger partial charge in [0.25, 0.3) is 5.91 Å². The maximum Gasteiger partial charge on any atom is 0.254 e. The first kappa shape index (κ1) is 15.9. The van der Waals surface area contributed by atoms with Crippen LogP contribution in [0.2, 0.25) is 0 Å². The summed E-state index contributed by atoms with van der Waals surface area (Å²) in [6.07, 6.45) is 7.07. The number of nitrogens with zero attached hydrogens (tertiary/aromatic N) is 2. The van der Waals surface area contributed by atoms with Crippen LogP contribution in [0.25, 0.3) is 10.4 Å². The van der Waals surface area contributed by atoms with E-state index in [4.69, 9.17) is 0 Å². The van der Waals surface area contributed by atoms with E-state index in [2.05, 4.69) is 37.9 Å². The number of hydrogen-bond donors (Lipinski definition) is 0. The van der Waals surface area contributed by atoms with Gasteiger partial charge in [-0.2, -0.15) is 0 Å². The quantitative estimate of drug-likeness (QED) is 0.761. The first-order valence-corrected chi connectivity index (χ1v) is 8.95. The molecule has 1 aliphatic rings. The Kier molecular flexibility index (Phi) is 4.62. The second-order valence-electron chi connectivity index (χ2n) is 6.16. The van der Waals surface area contributed by atoms with Gasteiger partial charge in [0.2, 0.25) is 0 Å². The fourth-order valence-corrected chi connectivity index (χ4v) is 3.74. The maximum atomic E-state index is 12.8. The summed E-state index contributed by atoms with van der Waals surface area (Å²) < 4.78 is 0. The zero-order chi connectivity index (χ0) is 16.4. The van der Waals surface area contributed by atoms with Crippen molar-refractivity contribution < 1.29 is 4.79 Å². The molecule has 0 saturated carbocycles. The van der Waals surface area contributed by atoms with Gasteiger partial charge in [0.1, 0.15) is 0 Å². The highest BCUT2D eigenvalue weighted by Gasteiger charge is 2.24. The van der Waals surface area contributed by atoms with Gasteiger partial charge in [-0.15, -0.1) is 11.3 Å². The van der Waals surface area contributed by atoms with Gasteiger partial charge in [-0.1, -0.05) is 45.1 Å². The van der Waals surface area contributed by atoms with Crippen LogP contribution >= 0.6 is 11.3 Å². The Morgan fingerprint density at radius 3 is 2.96 bits per heavy atom. The summed E-state index contributed by atoms with van der Waals surface area (Å²) in [5, 5.41) is 1.13. The van der Waals surface area contributed by atoms with Crippen molar-refractivity contribution in [2.45, 2.75) is 39.2 Å². The highest BCUT2D eigenvalue weighted by molar-refractivity contribution is 7.15. The lowest BCUT2D eigenvalue weighted by atomic mass is 10.1. The highest BCUT2D eigenvalue weighted by atomic mass is 32.1. The van der Waals surface area contributed by atoms with Crippen molar-refractivity contribution in [1.82, 2.24) is 9.88 Å². The van der Waals surface area contributed by atoms with Crippen molar-refractivity contribution in [3.8, 4) is 10.4 Å². The van der Waals surface area contributed by atoms with E-state index in [1.54, 1.807) is 11.3 Å². The minimum Gasteiger partial charge on any atom is -0.329 e. The van der Waals surface area contributed by atoms with Crippen LogP contribution in [-0.2, 0) is 0 Å². The largest absolute Gasteiger partial charge is 0.329 e. The summed E-state index contributed by atoms with van der Waals surface area (Å²) in [7, 11) is 0. The number of rotatable bonds is 4. The van der Waals surface area contributed by atoms with Gasteiger partial charge in [-0.25, -0.2) is 4.98 Å². The standard InChI is InChI=1S/C19H22N2OS/c1-4-16-9-6-10-21(16)19(22)15-8-5-7-14(11-15)17-12-20-18(23-17)13(2)3/h5-9,11-13,16H,4,10H2,1-3H3. The van der Waals surface area contributed by atoms with Crippen LogP contribution < -0.4 is 0 Å². The first-order chi connectivity index (χ1) is 11.1. The molecule has 0 N–H and O–H groups in total. The molecule has 1 unspecified atom stereocenters. The second-order valence-corrected chi connectivity index (χ2v) is 7.22. The van der Waals surface area contributed by atoms with E-state index in [-0.39, 0.29) is 11.9 Å². The fourth-order valence-electron chi connectivity index (χ4n) is 2.82. The third kappa shape index (κ3) is 3.22. The van der Waals surface area contributed by atoms with E-state index >= 15 is 0 Å². The van der Waals surface area contributed by atoms with Gasteiger partial charge in [-0.3, -0.25) is 4.79 Å². The molecule has 120 valence electrons. The van der Waals surface area contributed by atoms with E-state index in [0.29, 0.717) is 12.5 Å². The Morgan fingerprint density at radius 2 is 2.26 bits per heavy atom. The van der Waals surface area contributed by atoms with Crippen LogP contribution in [0.3, 0.4) is 0 Å². The average molecular weight is 326 g/mol. The molecular formula is C19H22N2OS. The summed E-state index contributed by atoms with van der Waals surface area (Å²) in [5.41, 5.74) is 1.82. The number of thiazole rings is 1. The van der Waals surface area contributed by atoms with E-state index in [1.165, 1.54) is 0 Å². The molecule has 1 aromatic heterocycles. The molecule has 4 heteroatoms. The van der Waals surface area contributed by atoms with Crippen molar-refractivity contribution >= 4 is 17.2 Å². The molecule has 23 heavy (non-hydrogen) atoms. The lowest BCUT2D eigenvalue weighted by molar-refractivity contribution is 0.0747. The van der Waals surface area contributed by atoms with Crippen molar-refractivity contribution in [3.63, 3.8) is 0 Å². The van der Waals surface area contributed by atoms with E-state index in [1.807, 2.05) is 35.4 Å². The van der Waals surface area contributed by atoms with Crippen LogP contribution in [0.1, 0.15) is 48.5 Å². The van der Waals surface area contributed by atoms with Crippen LogP contribution in [0.15, 0.2) is 42.6 Å². The predicted octanol–water partition coefficient (Wildman–Crippen LogP) is 4.72. The van der Waals surface area contributed by atoms with Gasteiger partial charge in [0.05, 0.1) is 15.9 Å². The van der Waals surface area contributed by atoms with Crippen LogP contribution in [0, 0.1) is 0 Å². The van der Waals surface area contributed by atoms with Crippen LogP contribution in [0.5, 0.6) is 0 Å². The Labute approximate surface area is 141 Å². The monoisotopic (exact) mass is 326 g/mol. The number of carbonyl (C=O) groups is 1. The van der Waals surface area contributed by atoms with Gasteiger partial charge in [-0.05, 0) is 24.1 Å². The Bertz CT molecular complexity index is 732. The Hall–Kier alpha value is -1.94. The van der Waals surface area contributed by atoms with Crippen molar-refractivity contribution in [1.29, 1.82) is 0 Å². The number of hydrogen-bond acceptors (Lipinski definition) is 3. The number of benzene rings is 1. The maximum absolute atomic E-state index is 12.8. The van der Waals surface area contributed by atoms with Gasteiger partial charge in [0.15, 0.2) is 0 Å². The van der Waals surface area contributed by atoms with Gasteiger partial charge < -0.3 is 4.90 Å². The molecular weight excluding hydrogens is 304 g/mol. The molecule has 3 nitrogen and oxygen atoms in total. The highest BCUT2D eigenvalue weighted by Crippen LogP contribution is 2.30. The molecule has 3 rings (SSSR count). The molecule has 1 atom stereocenters. The van der Waals surface area contributed by atoms with Crippen LogP contribution in [-0.4, -0.2) is 28.4 Å². The number of aromatic nitrogens is 1. The summed E-state index contributed by atoms with van der Waals surface area (Å²) in [4.78, 5) is 20.3. The zero-order valence-corrected chi connectivity index (χ0v) is 14.6. The van der Waals surface area contributed by atoms with Crippen molar-refractivity contribution in [2.24, 2.45) is 0 Å². The molecule has 0 spiro atoms. The predicted molar refractivity (Wildman–Crippen MR) is 95.9 cm³/mol. The topological polar surface area (TPSA) is 33.2 Å². The summed E-state index contributed by atoms with van der Waals surface area (Å²) in [5.74, 6) is 0.539. The number of carbonyl (C=O) groups excluding carboxylic acids is 1. The summed E-state index contributed by atoms with van der Waals surface area (Å²) in [6, 6.07) is 8.13. The molecule has 0 bridgehead atoms.